The Morgan fingerprint density at radius 1 is 1.21 bits per heavy atom. The number of nitrogens with zero attached hydrogens (tertiary/aromatic N) is 1. The monoisotopic (exact) mass is 424 g/mol. The Hall–Kier alpha value is -2.25. The van der Waals surface area contributed by atoms with Crippen LogP contribution >= 0.6 is 11.6 Å². The van der Waals surface area contributed by atoms with Crippen LogP contribution in [0.25, 0.3) is 0 Å². The van der Waals surface area contributed by atoms with Crippen molar-refractivity contribution >= 4 is 38.9 Å². The smallest absolute Gasteiger partial charge is 0.248 e. The summed E-state index contributed by atoms with van der Waals surface area (Å²) >= 11 is 6.03. The lowest BCUT2D eigenvalue weighted by Gasteiger charge is -2.31. The van der Waals surface area contributed by atoms with Crippen molar-refractivity contribution in [1.29, 1.82) is 0 Å². The van der Waals surface area contributed by atoms with Crippen LogP contribution < -0.4 is 14.4 Å². The van der Waals surface area contributed by atoms with Gasteiger partial charge in [-0.05, 0) is 55.7 Å². The fourth-order valence-electron chi connectivity index (χ4n) is 2.99. The van der Waals surface area contributed by atoms with Gasteiger partial charge in [-0.15, -0.1) is 0 Å². The highest BCUT2D eigenvalue weighted by molar-refractivity contribution is 7.92. The minimum Gasteiger partial charge on any atom is -0.495 e. The maximum Gasteiger partial charge on any atom is 0.248 e. The summed E-state index contributed by atoms with van der Waals surface area (Å²) in [5, 5.41) is 3.18. The van der Waals surface area contributed by atoms with Crippen LogP contribution in [0.3, 0.4) is 0 Å². The zero-order valence-corrected chi connectivity index (χ0v) is 18.2. The Balaban J connectivity index is 2.48. The molecular formula is C20H25ClN2O4S. The van der Waals surface area contributed by atoms with E-state index in [0.717, 1.165) is 17.4 Å². The molecule has 0 fully saturated rings. The number of rotatable bonds is 7. The summed E-state index contributed by atoms with van der Waals surface area (Å²) in [5.41, 5.74) is 2.54. The molecule has 1 N–H and O–H groups in total. The Bertz CT molecular complexity index is 976. The van der Waals surface area contributed by atoms with Gasteiger partial charge >= 0.3 is 0 Å². The highest BCUT2D eigenvalue weighted by Gasteiger charge is 2.32. The van der Waals surface area contributed by atoms with Crippen LogP contribution in [-0.4, -0.2) is 33.7 Å². The maximum absolute atomic E-state index is 13.1. The van der Waals surface area contributed by atoms with Crippen LogP contribution in [0.15, 0.2) is 36.4 Å². The van der Waals surface area contributed by atoms with Gasteiger partial charge in [-0.3, -0.25) is 9.10 Å². The number of hydrogen-bond donors (Lipinski definition) is 1. The third-order valence-electron chi connectivity index (χ3n) is 4.35. The van der Waals surface area contributed by atoms with Gasteiger partial charge < -0.3 is 10.1 Å². The first-order chi connectivity index (χ1) is 13.1. The average molecular weight is 425 g/mol. The lowest BCUT2D eigenvalue weighted by atomic mass is 10.1. The molecule has 0 heterocycles. The van der Waals surface area contributed by atoms with E-state index in [1.165, 1.54) is 11.4 Å². The third kappa shape index (κ3) is 4.97. The Labute approximate surface area is 171 Å². The number of aryl methyl sites for hydroxylation is 2. The van der Waals surface area contributed by atoms with Crippen LogP contribution in [0.4, 0.5) is 11.4 Å². The van der Waals surface area contributed by atoms with Crippen molar-refractivity contribution in [3.05, 3.63) is 52.5 Å². The van der Waals surface area contributed by atoms with Gasteiger partial charge in [-0.2, -0.15) is 0 Å². The summed E-state index contributed by atoms with van der Waals surface area (Å²) in [5.74, 6) is -0.0281. The Morgan fingerprint density at radius 2 is 1.89 bits per heavy atom. The van der Waals surface area contributed by atoms with Crippen LogP contribution in [0.2, 0.25) is 5.02 Å². The normalized spacial score (nSPS) is 12.4. The van der Waals surface area contributed by atoms with Crippen molar-refractivity contribution in [3.8, 4) is 5.75 Å². The van der Waals surface area contributed by atoms with Gasteiger partial charge in [0.2, 0.25) is 15.9 Å². The van der Waals surface area contributed by atoms with Gasteiger partial charge in [-0.1, -0.05) is 30.7 Å². The first-order valence-electron chi connectivity index (χ1n) is 8.79. The quantitative estimate of drug-likeness (QED) is 0.724. The number of amides is 1. The Morgan fingerprint density at radius 3 is 2.46 bits per heavy atom. The van der Waals surface area contributed by atoms with E-state index in [1.54, 1.807) is 31.2 Å². The molecule has 0 unspecified atom stereocenters. The highest BCUT2D eigenvalue weighted by Crippen LogP contribution is 2.30. The number of carbonyl (C=O) groups is 1. The molecule has 0 aliphatic carbocycles. The molecule has 8 heteroatoms. The van der Waals surface area contributed by atoms with Crippen molar-refractivity contribution in [2.45, 2.75) is 33.2 Å². The predicted octanol–water partition coefficient (Wildman–Crippen LogP) is 4.15. The minimum absolute atomic E-state index is 0.287. The molecule has 6 nitrogen and oxygen atoms in total. The number of sulfonamides is 1. The molecular weight excluding hydrogens is 400 g/mol. The summed E-state index contributed by atoms with van der Waals surface area (Å²) in [6, 6.07) is 9.42. The summed E-state index contributed by atoms with van der Waals surface area (Å²) < 4.78 is 31.7. The number of hydrogen-bond acceptors (Lipinski definition) is 4. The van der Waals surface area contributed by atoms with E-state index < -0.39 is 22.0 Å². The van der Waals surface area contributed by atoms with Crippen LogP contribution in [0, 0.1) is 13.8 Å². The molecule has 0 saturated carbocycles. The van der Waals surface area contributed by atoms with Crippen molar-refractivity contribution in [2.24, 2.45) is 0 Å². The minimum atomic E-state index is -3.71. The second-order valence-electron chi connectivity index (χ2n) is 6.61. The molecule has 0 saturated heterocycles. The van der Waals surface area contributed by atoms with Crippen molar-refractivity contribution in [3.63, 3.8) is 0 Å². The van der Waals surface area contributed by atoms with Gasteiger partial charge in [0.05, 0.1) is 24.7 Å². The van der Waals surface area contributed by atoms with E-state index in [0.29, 0.717) is 22.1 Å². The molecule has 1 atom stereocenters. The van der Waals surface area contributed by atoms with E-state index in [2.05, 4.69) is 5.32 Å². The topological polar surface area (TPSA) is 75.7 Å². The Kier molecular flexibility index (Phi) is 6.96. The molecule has 0 spiro atoms. The number of nitrogens with one attached hydrogen (secondary N) is 1. The standard InChI is InChI=1S/C20H25ClN2O4S/c1-6-17(20(24)22-16-12-15(21)9-10-19(16)27-4)23(28(5,25)26)18-11-13(2)7-8-14(18)3/h7-12,17H,6H2,1-5H3,(H,22,24)/t17-/m1/s1. The molecule has 0 bridgehead atoms. The first kappa shape index (κ1) is 22.0. The van der Waals surface area contributed by atoms with E-state index in [9.17, 15) is 13.2 Å². The van der Waals surface area contributed by atoms with Crippen LogP contribution in [0.1, 0.15) is 24.5 Å². The molecule has 0 aliphatic heterocycles. The van der Waals surface area contributed by atoms with E-state index in [4.69, 9.17) is 16.3 Å². The van der Waals surface area contributed by atoms with Crippen molar-refractivity contribution < 1.29 is 17.9 Å². The fraction of sp³-hybridized carbons (Fsp3) is 0.350. The SMILES string of the molecule is CC[C@H](C(=O)Nc1cc(Cl)ccc1OC)N(c1cc(C)ccc1C)S(C)(=O)=O. The average Bonchev–Trinajstić information content (AvgIpc) is 2.61. The van der Waals surface area contributed by atoms with Gasteiger partial charge in [0.15, 0.2) is 0 Å². The lowest BCUT2D eigenvalue weighted by molar-refractivity contribution is -0.117. The summed E-state index contributed by atoms with van der Waals surface area (Å²) in [7, 11) is -2.23. The number of methoxy groups -OCH3 is 1. The maximum atomic E-state index is 13.1. The summed E-state index contributed by atoms with van der Waals surface area (Å²) in [6.07, 6.45) is 1.39. The van der Waals surface area contributed by atoms with Gasteiger partial charge in [0.1, 0.15) is 11.8 Å². The van der Waals surface area contributed by atoms with E-state index >= 15 is 0 Å². The number of benzene rings is 2. The molecule has 2 aromatic carbocycles. The zero-order chi connectivity index (χ0) is 21.1. The third-order valence-corrected chi connectivity index (χ3v) is 5.75. The summed E-state index contributed by atoms with van der Waals surface area (Å²) in [6.45, 7) is 5.46. The number of halogens is 1. The highest BCUT2D eigenvalue weighted by atomic mass is 35.5. The molecule has 2 rings (SSSR count). The molecule has 2 aromatic rings. The zero-order valence-electron chi connectivity index (χ0n) is 16.6. The van der Waals surface area contributed by atoms with Gasteiger partial charge in [0, 0.05) is 5.02 Å². The van der Waals surface area contributed by atoms with Gasteiger partial charge in [0.25, 0.3) is 0 Å². The second-order valence-corrected chi connectivity index (χ2v) is 8.90. The van der Waals surface area contributed by atoms with Crippen LogP contribution in [-0.2, 0) is 14.8 Å². The molecule has 152 valence electrons. The lowest BCUT2D eigenvalue weighted by Crippen LogP contribution is -2.47. The van der Waals surface area contributed by atoms with E-state index in [-0.39, 0.29) is 6.42 Å². The van der Waals surface area contributed by atoms with Crippen molar-refractivity contribution in [2.75, 3.05) is 23.0 Å². The predicted molar refractivity (Wildman–Crippen MR) is 114 cm³/mol. The first-order valence-corrected chi connectivity index (χ1v) is 11.0. The fourth-order valence-corrected chi connectivity index (χ4v) is 4.42. The molecule has 1 amide bonds. The second kappa shape index (κ2) is 8.84. The summed E-state index contributed by atoms with van der Waals surface area (Å²) in [4.78, 5) is 13.1. The van der Waals surface area contributed by atoms with Crippen molar-refractivity contribution in [1.82, 2.24) is 0 Å². The largest absolute Gasteiger partial charge is 0.495 e. The number of ether oxygens (including phenoxy) is 1. The number of carbonyl (C=O) groups excluding carboxylic acids is 1. The van der Waals surface area contributed by atoms with E-state index in [1.807, 2.05) is 26.0 Å². The molecule has 28 heavy (non-hydrogen) atoms. The molecule has 0 aliphatic rings. The van der Waals surface area contributed by atoms with Crippen LogP contribution in [0.5, 0.6) is 5.75 Å². The molecule has 0 radical (unpaired) electrons. The van der Waals surface area contributed by atoms with Gasteiger partial charge in [-0.25, -0.2) is 8.42 Å². The molecule has 0 aromatic heterocycles. The number of anilines is 2.